The molecule has 1 amide bonds. The van der Waals surface area contributed by atoms with Crippen molar-refractivity contribution in [1.82, 2.24) is 30.7 Å². The first-order valence-corrected chi connectivity index (χ1v) is 6.23. The van der Waals surface area contributed by atoms with Crippen LogP contribution in [-0.2, 0) is 0 Å². The van der Waals surface area contributed by atoms with Crippen molar-refractivity contribution in [3.63, 3.8) is 0 Å². The van der Waals surface area contributed by atoms with Crippen LogP contribution in [0.5, 0.6) is 0 Å². The lowest BCUT2D eigenvalue weighted by molar-refractivity contribution is 0.0950. The van der Waals surface area contributed by atoms with Gasteiger partial charge in [0.1, 0.15) is 5.82 Å². The zero-order valence-electron chi connectivity index (χ0n) is 11.4. The van der Waals surface area contributed by atoms with E-state index in [0.717, 1.165) is 4.68 Å². The molecule has 23 heavy (non-hydrogen) atoms. The molecule has 1 aromatic carbocycles. The number of rotatable bonds is 4. The molecule has 3 aromatic rings. The van der Waals surface area contributed by atoms with Gasteiger partial charge in [-0.3, -0.25) is 4.79 Å². The Morgan fingerprint density at radius 1 is 1.43 bits per heavy atom. The largest absolute Gasteiger partial charge is 0.378 e. The molecule has 116 valence electrons. The third-order valence-electron chi connectivity index (χ3n) is 2.67. The Balaban J connectivity index is 1.67. The molecule has 0 radical (unpaired) electrons. The van der Waals surface area contributed by atoms with Crippen molar-refractivity contribution in [2.75, 3.05) is 5.73 Å². The van der Waals surface area contributed by atoms with Gasteiger partial charge < -0.3 is 5.73 Å². The number of hydrogen-bond acceptors (Lipinski definition) is 8. The van der Waals surface area contributed by atoms with E-state index in [-0.39, 0.29) is 17.3 Å². The van der Waals surface area contributed by atoms with Crippen molar-refractivity contribution in [2.45, 2.75) is 0 Å². The first kappa shape index (κ1) is 14.3. The standard InChI is InChI=1S/C12H9FN8O2/c13-8-3-1-2-7(4-8)5-15-17-12(22)9-6-21(20-16-9)11-10(14)18-23-19-11/h1-6H,(H2,14,18)(H,17,22)/b15-5+. The molecule has 0 aliphatic carbocycles. The van der Waals surface area contributed by atoms with Crippen molar-refractivity contribution >= 4 is 17.9 Å². The second-order valence-electron chi connectivity index (χ2n) is 4.28. The quantitative estimate of drug-likeness (QED) is 0.515. The summed E-state index contributed by atoms with van der Waals surface area (Å²) in [6.07, 6.45) is 2.58. The molecule has 2 aromatic heterocycles. The van der Waals surface area contributed by atoms with Gasteiger partial charge in [0.25, 0.3) is 5.91 Å². The van der Waals surface area contributed by atoms with Crippen LogP contribution in [0, 0.1) is 5.82 Å². The van der Waals surface area contributed by atoms with Crippen molar-refractivity contribution in [2.24, 2.45) is 5.10 Å². The monoisotopic (exact) mass is 316 g/mol. The van der Waals surface area contributed by atoms with Gasteiger partial charge >= 0.3 is 0 Å². The lowest BCUT2D eigenvalue weighted by Crippen LogP contribution is -2.18. The number of nitrogens with one attached hydrogen (secondary N) is 1. The zero-order chi connectivity index (χ0) is 16.2. The number of benzene rings is 1. The highest BCUT2D eigenvalue weighted by atomic mass is 19.1. The van der Waals surface area contributed by atoms with Gasteiger partial charge in [0.05, 0.1) is 12.4 Å². The van der Waals surface area contributed by atoms with Gasteiger partial charge in [-0.1, -0.05) is 17.3 Å². The summed E-state index contributed by atoms with van der Waals surface area (Å²) in [6.45, 7) is 0. The molecule has 2 heterocycles. The molecule has 0 saturated carbocycles. The molecule has 0 saturated heterocycles. The van der Waals surface area contributed by atoms with Crippen LogP contribution in [0.3, 0.4) is 0 Å². The number of halogens is 1. The number of carbonyl (C=O) groups is 1. The summed E-state index contributed by atoms with van der Waals surface area (Å²) in [7, 11) is 0. The Morgan fingerprint density at radius 2 is 2.30 bits per heavy atom. The first-order valence-electron chi connectivity index (χ1n) is 6.23. The van der Waals surface area contributed by atoms with Gasteiger partial charge in [-0.2, -0.15) is 9.78 Å². The number of nitrogens with zero attached hydrogens (tertiary/aromatic N) is 6. The maximum absolute atomic E-state index is 13.0. The van der Waals surface area contributed by atoms with Gasteiger partial charge in [0.2, 0.25) is 11.6 Å². The number of nitrogen functional groups attached to an aromatic ring is 1. The maximum Gasteiger partial charge on any atom is 0.293 e. The molecular weight excluding hydrogens is 307 g/mol. The lowest BCUT2D eigenvalue weighted by atomic mass is 10.2. The zero-order valence-corrected chi connectivity index (χ0v) is 11.4. The third-order valence-corrected chi connectivity index (χ3v) is 2.67. The Hall–Kier alpha value is -3.63. The van der Waals surface area contributed by atoms with E-state index in [4.69, 9.17) is 5.73 Å². The molecule has 10 nitrogen and oxygen atoms in total. The van der Waals surface area contributed by atoms with Crippen molar-refractivity contribution < 1.29 is 13.8 Å². The summed E-state index contributed by atoms with van der Waals surface area (Å²) < 4.78 is 18.5. The molecule has 0 atom stereocenters. The fourth-order valence-electron chi connectivity index (χ4n) is 1.63. The highest BCUT2D eigenvalue weighted by Crippen LogP contribution is 2.09. The number of carbonyl (C=O) groups excluding carboxylic acids is 1. The molecule has 3 rings (SSSR count). The van der Waals surface area contributed by atoms with Crippen molar-refractivity contribution in [3.05, 3.63) is 47.5 Å². The smallest absolute Gasteiger partial charge is 0.293 e. The fourth-order valence-corrected chi connectivity index (χ4v) is 1.63. The van der Waals surface area contributed by atoms with E-state index >= 15 is 0 Å². The Kier molecular flexibility index (Phi) is 3.74. The van der Waals surface area contributed by atoms with Gasteiger partial charge in [0.15, 0.2) is 5.69 Å². The normalized spacial score (nSPS) is 11.0. The van der Waals surface area contributed by atoms with Gasteiger partial charge in [-0.15, -0.1) is 5.10 Å². The fraction of sp³-hybridized carbons (Fsp3) is 0. The SMILES string of the molecule is Nc1nonc1-n1cc(C(=O)N/N=C/c2cccc(F)c2)nn1. The highest BCUT2D eigenvalue weighted by Gasteiger charge is 2.15. The maximum atomic E-state index is 13.0. The Morgan fingerprint density at radius 3 is 3.04 bits per heavy atom. The number of aromatic nitrogens is 5. The van der Waals surface area contributed by atoms with Gasteiger partial charge in [0, 0.05) is 0 Å². The van der Waals surface area contributed by atoms with Gasteiger partial charge in [-0.25, -0.2) is 14.4 Å². The van der Waals surface area contributed by atoms with E-state index in [1.165, 1.54) is 30.6 Å². The minimum absolute atomic E-state index is 0.00554. The number of hydrazone groups is 1. The van der Waals surface area contributed by atoms with Crippen LogP contribution < -0.4 is 11.2 Å². The summed E-state index contributed by atoms with van der Waals surface area (Å²) in [5, 5.41) is 18.0. The molecule has 0 aliphatic heterocycles. The molecule has 0 fully saturated rings. The number of hydrogen-bond donors (Lipinski definition) is 2. The molecule has 11 heteroatoms. The minimum Gasteiger partial charge on any atom is -0.378 e. The van der Waals surface area contributed by atoms with E-state index in [9.17, 15) is 9.18 Å². The second kappa shape index (κ2) is 6.01. The highest BCUT2D eigenvalue weighted by molar-refractivity contribution is 5.92. The van der Waals surface area contributed by atoms with Crippen LogP contribution in [0.25, 0.3) is 5.82 Å². The first-order chi connectivity index (χ1) is 11.1. The van der Waals surface area contributed by atoms with Crippen LogP contribution in [0.2, 0.25) is 0 Å². The molecular formula is C12H9FN8O2. The van der Waals surface area contributed by atoms with Crippen molar-refractivity contribution in [1.29, 1.82) is 0 Å². The summed E-state index contributed by atoms with van der Waals surface area (Å²) >= 11 is 0. The molecule has 0 aliphatic rings. The van der Waals surface area contributed by atoms with E-state index in [1.54, 1.807) is 6.07 Å². The van der Waals surface area contributed by atoms with Crippen LogP contribution in [-0.4, -0.2) is 37.4 Å². The second-order valence-corrected chi connectivity index (χ2v) is 4.28. The Labute approximate surface area is 127 Å². The molecule has 0 bridgehead atoms. The molecule has 3 N–H and O–H groups in total. The van der Waals surface area contributed by atoms with E-state index < -0.39 is 11.7 Å². The Bertz CT molecular complexity index is 871. The summed E-state index contributed by atoms with van der Waals surface area (Å²) in [4.78, 5) is 11.9. The minimum atomic E-state index is -0.612. The van der Waals surface area contributed by atoms with Crippen LogP contribution in [0.15, 0.2) is 40.2 Å². The van der Waals surface area contributed by atoms with Crippen LogP contribution >= 0.6 is 0 Å². The third kappa shape index (κ3) is 3.18. The van der Waals surface area contributed by atoms with E-state index in [2.05, 4.69) is 35.8 Å². The van der Waals surface area contributed by atoms with Crippen LogP contribution in [0.1, 0.15) is 16.1 Å². The van der Waals surface area contributed by atoms with Crippen LogP contribution in [0.4, 0.5) is 10.2 Å². The summed E-state index contributed by atoms with van der Waals surface area (Å²) in [5.74, 6) is -0.897. The number of amides is 1. The predicted octanol–water partition coefficient (Wildman–Crippen LogP) is 0.135. The van der Waals surface area contributed by atoms with E-state index in [0.29, 0.717) is 5.56 Å². The summed E-state index contributed by atoms with van der Waals surface area (Å²) in [6, 6.07) is 5.74. The van der Waals surface area contributed by atoms with Gasteiger partial charge in [-0.05, 0) is 28.0 Å². The predicted molar refractivity (Wildman–Crippen MR) is 75.1 cm³/mol. The lowest BCUT2D eigenvalue weighted by Gasteiger charge is -1.95. The number of anilines is 1. The summed E-state index contributed by atoms with van der Waals surface area (Å²) in [5.41, 5.74) is 8.22. The molecule has 0 unspecified atom stereocenters. The average molecular weight is 316 g/mol. The average Bonchev–Trinajstić information content (AvgIpc) is 3.15. The topological polar surface area (TPSA) is 137 Å². The van der Waals surface area contributed by atoms with E-state index in [1.807, 2.05) is 0 Å². The molecule has 0 spiro atoms. The number of nitrogens with two attached hydrogens (primary N) is 1. The van der Waals surface area contributed by atoms with Crippen molar-refractivity contribution in [3.8, 4) is 5.82 Å².